The molecule has 1 N–H and O–H groups in total. The van der Waals surface area contributed by atoms with E-state index in [0.717, 1.165) is 42.2 Å². The van der Waals surface area contributed by atoms with Crippen LogP contribution < -0.4 is 19.9 Å². The number of rotatable bonds is 4. The SMILES string of the molecule is CNc1c(Cl)ncnc1N1CCN(c2ncc(Br)c(OC)n2)CC1. The van der Waals surface area contributed by atoms with Crippen molar-refractivity contribution in [2.75, 3.05) is 55.5 Å². The zero-order valence-corrected chi connectivity index (χ0v) is 15.7. The van der Waals surface area contributed by atoms with Crippen LogP contribution in [-0.4, -0.2) is 60.3 Å². The van der Waals surface area contributed by atoms with Gasteiger partial charge in [0.1, 0.15) is 12.0 Å². The molecule has 0 aromatic carbocycles. The Morgan fingerprint density at radius 2 is 1.88 bits per heavy atom. The fourth-order valence-corrected chi connectivity index (χ4v) is 3.14. The number of halogens is 2. The molecule has 128 valence electrons. The minimum atomic E-state index is 0.422. The molecule has 2 aromatic rings. The van der Waals surface area contributed by atoms with Gasteiger partial charge in [0.05, 0.1) is 17.8 Å². The molecule has 0 amide bonds. The van der Waals surface area contributed by atoms with Gasteiger partial charge in [-0.25, -0.2) is 15.0 Å². The molecule has 3 heterocycles. The summed E-state index contributed by atoms with van der Waals surface area (Å²) in [4.78, 5) is 21.5. The standard InChI is InChI=1S/C14H17BrClN7O/c1-17-10-11(16)19-8-20-12(10)22-3-5-23(6-4-22)14-18-7-9(15)13(21-14)24-2/h7-8,17H,3-6H2,1-2H3. The Hall–Kier alpha value is -1.87. The first-order chi connectivity index (χ1) is 11.6. The smallest absolute Gasteiger partial charge is 0.232 e. The Labute approximate surface area is 153 Å². The average molecular weight is 415 g/mol. The first-order valence-corrected chi connectivity index (χ1v) is 8.55. The topological polar surface area (TPSA) is 79.3 Å². The Morgan fingerprint density at radius 3 is 2.54 bits per heavy atom. The Morgan fingerprint density at radius 1 is 1.17 bits per heavy atom. The fraction of sp³-hybridized carbons (Fsp3) is 0.429. The quantitative estimate of drug-likeness (QED) is 0.762. The van der Waals surface area contributed by atoms with Gasteiger partial charge in [-0.15, -0.1) is 0 Å². The molecule has 0 bridgehead atoms. The molecule has 0 unspecified atom stereocenters. The van der Waals surface area contributed by atoms with Gasteiger partial charge in [0, 0.05) is 33.2 Å². The van der Waals surface area contributed by atoms with Gasteiger partial charge in [0.2, 0.25) is 11.8 Å². The predicted octanol–water partition coefficient (Wildman–Crippen LogP) is 2.06. The fourth-order valence-electron chi connectivity index (χ4n) is 2.57. The van der Waals surface area contributed by atoms with Gasteiger partial charge in [0.15, 0.2) is 11.0 Å². The minimum absolute atomic E-state index is 0.422. The van der Waals surface area contributed by atoms with Crippen LogP contribution >= 0.6 is 27.5 Å². The summed E-state index contributed by atoms with van der Waals surface area (Å²) in [5.74, 6) is 2.00. The van der Waals surface area contributed by atoms with Gasteiger partial charge in [-0.1, -0.05) is 11.6 Å². The third-order valence-electron chi connectivity index (χ3n) is 3.79. The molecule has 1 saturated heterocycles. The summed E-state index contributed by atoms with van der Waals surface area (Å²) in [6.45, 7) is 3.11. The number of nitrogens with one attached hydrogen (secondary N) is 1. The van der Waals surface area contributed by atoms with E-state index < -0.39 is 0 Å². The van der Waals surface area contributed by atoms with E-state index >= 15 is 0 Å². The number of hydrogen-bond donors (Lipinski definition) is 1. The van der Waals surface area contributed by atoms with Crippen LogP contribution in [0.3, 0.4) is 0 Å². The summed E-state index contributed by atoms with van der Waals surface area (Å²) in [7, 11) is 3.40. The van der Waals surface area contributed by atoms with E-state index in [9.17, 15) is 0 Å². The highest BCUT2D eigenvalue weighted by Gasteiger charge is 2.23. The van der Waals surface area contributed by atoms with Gasteiger partial charge in [0.25, 0.3) is 0 Å². The molecular weight excluding hydrogens is 398 g/mol. The lowest BCUT2D eigenvalue weighted by atomic mass is 10.3. The predicted molar refractivity (Wildman–Crippen MR) is 97.3 cm³/mol. The molecule has 2 aromatic heterocycles. The third kappa shape index (κ3) is 3.32. The molecule has 1 aliphatic heterocycles. The maximum absolute atomic E-state index is 6.13. The number of ether oxygens (including phenoxy) is 1. The van der Waals surface area contributed by atoms with Gasteiger partial charge in [-0.2, -0.15) is 4.98 Å². The second kappa shape index (κ2) is 7.35. The van der Waals surface area contributed by atoms with E-state index in [4.69, 9.17) is 16.3 Å². The summed E-state index contributed by atoms with van der Waals surface area (Å²) in [6.07, 6.45) is 3.18. The van der Waals surface area contributed by atoms with Crippen molar-refractivity contribution >= 4 is 45.0 Å². The maximum Gasteiger partial charge on any atom is 0.232 e. The molecule has 0 saturated carbocycles. The minimum Gasteiger partial charge on any atom is -0.480 e. The van der Waals surface area contributed by atoms with E-state index in [1.807, 2.05) is 7.05 Å². The first kappa shape index (κ1) is 17.0. The van der Waals surface area contributed by atoms with Crippen molar-refractivity contribution in [1.82, 2.24) is 19.9 Å². The van der Waals surface area contributed by atoms with E-state index in [1.54, 1.807) is 13.3 Å². The number of nitrogens with zero attached hydrogens (tertiary/aromatic N) is 6. The van der Waals surface area contributed by atoms with Crippen LogP contribution in [0.25, 0.3) is 0 Å². The summed E-state index contributed by atoms with van der Waals surface area (Å²) in [5.41, 5.74) is 0.745. The lowest BCUT2D eigenvalue weighted by Gasteiger charge is -2.36. The molecule has 0 spiro atoms. The average Bonchev–Trinajstić information content (AvgIpc) is 2.62. The van der Waals surface area contributed by atoms with Crippen molar-refractivity contribution in [2.24, 2.45) is 0 Å². The number of piperazine rings is 1. The highest BCUT2D eigenvalue weighted by Crippen LogP contribution is 2.30. The number of methoxy groups -OCH3 is 1. The highest BCUT2D eigenvalue weighted by atomic mass is 79.9. The van der Waals surface area contributed by atoms with Crippen molar-refractivity contribution in [3.8, 4) is 5.88 Å². The first-order valence-electron chi connectivity index (χ1n) is 7.38. The van der Waals surface area contributed by atoms with Crippen LogP contribution in [0, 0.1) is 0 Å². The lowest BCUT2D eigenvalue weighted by molar-refractivity contribution is 0.393. The van der Waals surface area contributed by atoms with Gasteiger partial charge in [-0.05, 0) is 15.9 Å². The van der Waals surface area contributed by atoms with Crippen molar-refractivity contribution in [3.05, 3.63) is 22.1 Å². The van der Waals surface area contributed by atoms with Crippen LogP contribution in [0.2, 0.25) is 5.15 Å². The molecule has 1 fully saturated rings. The normalized spacial score (nSPS) is 14.7. The molecule has 3 rings (SSSR count). The van der Waals surface area contributed by atoms with E-state index in [1.165, 1.54) is 6.33 Å². The van der Waals surface area contributed by atoms with Crippen LogP contribution in [0.5, 0.6) is 5.88 Å². The van der Waals surface area contributed by atoms with E-state index in [0.29, 0.717) is 17.0 Å². The van der Waals surface area contributed by atoms with Gasteiger partial charge in [-0.3, -0.25) is 0 Å². The lowest BCUT2D eigenvalue weighted by Crippen LogP contribution is -2.47. The van der Waals surface area contributed by atoms with Crippen molar-refractivity contribution in [2.45, 2.75) is 0 Å². The number of anilines is 3. The molecular formula is C14H17BrClN7O. The molecule has 0 atom stereocenters. The van der Waals surface area contributed by atoms with Crippen LogP contribution in [0.15, 0.2) is 17.0 Å². The monoisotopic (exact) mass is 413 g/mol. The van der Waals surface area contributed by atoms with Gasteiger partial charge >= 0.3 is 0 Å². The van der Waals surface area contributed by atoms with E-state index in [2.05, 4.69) is 51.0 Å². The van der Waals surface area contributed by atoms with E-state index in [-0.39, 0.29) is 0 Å². The summed E-state index contributed by atoms with van der Waals surface area (Å²) < 4.78 is 5.97. The van der Waals surface area contributed by atoms with Crippen molar-refractivity contribution in [1.29, 1.82) is 0 Å². The summed E-state index contributed by atoms with van der Waals surface area (Å²) in [5, 5.41) is 3.49. The summed E-state index contributed by atoms with van der Waals surface area (Å²) >= 11 is 9.50. The largest absolute Gasteiger partial charge is 0.480 e. The second-order valence-corrected chi connectivity index (χ2v) is 6.33. The van der Waals surface area contributed by atoms with Crippen molar-refractivity contribution in [3.63, 3.8) is 0 Å². The van der Waals surface area contributed by atoms with Crippen LogP contribution in [0.1, 0.15) is 0 Å². The molecule has 0 radical (unpaired) electrons. The van der Waals surface area contributed by atoms with Crippen molar-refractivity contribution < 1.29 is 4.74 Å². The second-order valence-electron chi connectivity index (χ2n) is 5.11. The zero-order valence-electron chi connectivity index (χ0n) is 13.3. The molecule has 0 aliphatic carbocycles. The molecule has 8 nitrogen and oxygen atoms in total. The highest BCUT2D eigenvalue weighted by molar-refractivity contribution is 9.10. The maximum atomic E-state index is 6.13. The number of hydrogen-bond acceptors (Lipinski definition) is 8. The Kier molecular flexibility index (Phi) is 5.20. The summed E-state index contributed by atoms with van der Waals surface area (Å²) in [6, 6.07) is 0. The van der Waals surface area contributed by atoms with Gasteiger partial charge < -0.3 is 19.9 Å². The Balaban J connectivity index is 1.73. The number of aromatic nitrogens is 4. The van der Waals surface area contributed by atoms with Crippen LogP contribution in [0.4, 0.5) is 17.5 Å². The third-order valence-corrected chi connectivity index (χ3v) is 4.62. The van der Waals surface area contributed by atoms with Crippen LogP contribution in [-0.2, 0) is 0 Å². The molecule has 1 aliphatic rings. The zero-order chi connectivity index (χ0) is 17.1. The molecule has 24 heavy (non-hydrogen) atoms. The molecule has 10 heteroatoms. The Bertz CT molecular complexity index is 724.